The lowest BCUT2D eigenvalue weighted by Gasteiger charge is -2.21. The molecule has 1 aliphatic heterocycles. The highest BCUT2D eigenvalue weighted by Gasteiger charge is 2.17. The van der Waals surface area contributed by atoms with E-state index in [4.69, 9.17) is 0 Å². The van der Waals surface area contributed by atoms with Gasteiger partial charge in [0, 0.05) is 5.34 Å². The average Bonchev–Trinajstić information content (AvgIpc) is 1.84. The van der Waals surface area contributed by atoms with Gasteiger partial charge in [-0.2, -0.15) is 0 Å². The average molecular weight is 165 g/mol. The van der Waals surface area contributed by atoms with Gasteiger partial charge in [-0.1, -0.05) is 8.96 Å². The summed E-state index contributed by atoms with van der Waals surface area (Å²) >= 11 is 0. The molecule has 0 aromatic carbocycles. The number of nitrogens with zero attached hydrogens (tertiary/aromatic N) is 1. The van der Waals surface area contributed by atoms with Crippen molar-refractivity contribution < 1.29 is 8.96 Å². The van der Waals surface area contributed by atoms with E-state index in [0.29, 0.717) is 19.5 Å². The second-order valence-electron chi connectivity index (χ2n) is 2.62. The first kappa shape index (κ1) is 8.83. The largest absolute Gasteiger partial charge is 0.317 e. The Labute approximate surface area is 64.6 Å². The van der Waals surface area contributed by atoms with Crippen molar-refractivity contribution in [1.82, 2.24) is 16.0 Å². The van der Waals surface area contributed by atoms with Crippen LogP contribution < -0.4 is 10.6 Å². The lowest BCUT2D eigenvalue weighted by molar-refractivity contribution is -0.197. The highest BCUT2D eigenvalue weighted by atomic mass is 19.4. The lowest BCUT2D eigenvalue weighted by atomic mass is 10.3. The van der Waals surface area contributed by atoms with Crippen LogP contribution in [0.1, 0.15) is 12.8 Å². The fraction of sp³-hybridized carbons (Fsp3) is 1.00. The van der Waals surface area contributed by atoms with Gasteiger partial charge in [0.1, 0.15) is 6.17 Å². The van der Waals surface area contributed by atoms with E-state index < -0.39 is 11.5 Å². The van der Waals surface area contributed by atoms with Crippen LogP contribution in [0.3, 0.4) is 0 Å². The number of rotatable bonds is 1. The Balaban J connectivity index is 2.26. The quantitative estimate of drug-likeness (QED) is 0.549. The second kappa shape index (κ2) is 4.58. The zero-order chi connectivity index (χ0) is 8.10. The third-order valence-electron chi connectivity index (χ3n) is 1.74. The summed E-state index contributed by atoms with van der Waals surface area (Å²) < 4.78 is 24.0. The van der Waals surface area contributed by atoms with Crippen LogP contribution in [0.25, 0.3) is 0 Å². The first-order valence-electron chi connectivity index (χ1n) is 3.85. The monoisotopic (exact) mass is 165 g/mol. The highest BCUT2D eigenvalue weighted by molar-refractivity contribution is 4.65. The van der Waals surface area contributed by atoms with Crippen molar-refractivity contribution in [3.05, 3.63) is 0 Å². The molecule has 5 heteroatoms. The molecule has 66 valence electrons. The Bertz CT molecular complexity index is 102. The molecule has 1 heterocycles. The van der Waals surface area contributed by atoms with E-state index in [0.717, 1.165) is 13.0 Å². The normalized spacial score (nSPS) is 28.1. The standard InChI is InChI=1S/C6H13F2N3/c7-11(8)6-2-5-9-3-1-4-10-6/h6,9-10H,1-5H2. The van der Waals surface area contributed by atoms with Crippen molar-refractivity contribution in [1.29, 1.82) is 0 Å². The summed E-state index contributed by atoms with van der Waals surface area (Å²) in [6.45, 7) is 2.22. The van der Waals surface area contributed by atoms with Crippen LogP contribution in [0.4, 0.5) is 8.96 Å². The smallest absolute Gasteiger partial charge is 0.124 e. The molecule has 0 spiro atoms. The maximum Gasteiger partial charge on any atom is 0.124 e. The molecule has 1 atom stereocenters. The summed E-state index contributed by atoms with van der Waals surface area (Å²) in [6.07, 6.45) is 0.583. The van der Waals surface area contributed by atoms with Gasteiger partial charge < -0.3 is 5.32 Å². The summed E-state index contributed by atoms with van der Waals surface area (Å²) in [6, 6.07) is 0. The summed E-state index contributed by atoms with van der Waals surface area (Å²) in [5.74, 6) is 0. The van der Waals surface area contributed by atoms with Crippen LogP contribution in [-0.4, -0.2) is 31.1 Å². The maximum absolute atomic E-state index is 12.0. The summed E-state index contributed by atoms with van der Waals surface area (Å²) in [5.41, 5.74) is 0. The molecule has 0 radical (unpaired) electrons. The van der Waals surface area contributed by atoms with Crippen molar-refractivity contribution in [2.75, 3.05) is 19.6 Å². The molecule has 1 unspecified atom stereocenters. The Morgan fingerprint density at radius 1 is 1.18 bits per heavy atom. The first-order valence-corrected chi connectivity index (χ1v) is 3.85. The number of halogens is 2. The number of nitrogens with one attached hydrogen (secondary N) is 2. The van der Waals surface area contributed by atoms with Gasteiger partial charge in [0.25, 0.3) is 0 Å². The van der Waals surface area contributed by atoms with E-state index in [9.17, 15) is 8.96 Å². The molecule has 0 aliphatic carbocycles. The summed E-state index contributed by atoms with van der Waals surface area (Å²) in [7, 11) is 0. The topological polar surface area (TPSA) is 27.3 Å². The Hall–Kier alpha value is -0.260. The zero-order valence-electron chi connectivity index (χ0n) is 6.32. The SMILES string of the molecule is FN(F)C1CCNCCCN1. The molecule has 11 heavy (non-hydrogen) atoms. The molecule has 1 rings (SSSR count). The Kier molecular flexibility index (Phi) is 3.68. The van der Waals surface area contributed by atoms with E-state index in [1.54, 1.807) is 0 Å². The van der Waals surface area contributed by atoms with Crippen molar-refractivity contribution >= 4 is 0 Å². The van der Waals surface area contributed by atoms with Crippen molar-refractivity contribution in [2.45, 2.75) is 19.0 Å². The molecular formula is C6H13F2N3. The lowest BCUT2D eigenvalue weighted by Crippen LogP contribution is -2.43. The molecule has 0 amide bonds. The third kappa shape index (κ3) is 3.09. The summed E-state index contributed by atoms with van der Waals surface area (Å²) in [4.78, 5) is 0. The minimum atomic E-state index is -0.775. The first-order chi connectivity index (χ1) is 5.30. The van der Waals surface area contributed by atoms with Crippen LogP contribution in [0.15, 0.2) is 0 Å². The van der Waals surface area contributed by atoms with Gasteiger partial charge in [0.2, 0.25) is 0 Å². The molecule has 2 N–H and O–H groups in total. The molecule has 1 saturated heterocycles. The predicted molar refractivity (Wildman–Crippen MR) is 37.9 cm³/mol. The number of hydrogen-bond donors (Lipinski definition) is 2. The van der Waals surface area contributed by atoms with Crippen LogP contribution in [0.2, 0.25) is 0 Å². The van der Waals surface area contributed by atoms with Crippen LogP contribution in [0.5, 0.6) is 0 Å². The van der Waals surface area contributed by atoms with Gasteiger partial charge in [-0.25, -0.2) is 0 Å². The van der Waals surface area contributed by atoms with Gasteiger partial charge in [0.05, 0.1) is 0 Å². The van der Waals surface area contributed by atoms with E-state index in [1.807, 2.05) is 0 Å². The fourth-order valence-corrected chi connectivity index (χ4v) is 1.11. The predicted octanol–water partition coefficient (Wildman–Crippen LogP) is 0.356. The van der Waals surface area contributed by atoms with Gasteiger partial charge in [-0.15, -0.1) is 0 Å². The Morgan fingerprint density at radius 2 is 2.00 bits per heavy atom. The van der Waals surface area contributed by atoms with Crippen molar-refractivity contribution in [3.63, 3.8) is 0 Å². The van der Waals surface area contributed by atoms with E-state index >= 15 is 0 Å². The molecule has 1 aliphatic rings. The van der Waals surface area contributed by atoms with Crippen LogP contribution in [-0.2, 0) is 0 Å². The van der Waals surface area contributed by atoms with Crippen molar-refractivity contribution in [3.8, 4) is 0 Å². The fourth-order valence-electron chi connectivity index (χ4n) is 1.11. The number of hydrogen-bond acceptors (Lipinski definition) is 3. The molecule has 0 saturated carbocycles. The minimum absolute atomic E-state index is 0.451. The maximum atomic E-state index is 12.0. The van der Waals surface area contributed by atoms with E-state index in [1.165, 1.54) is 0 Å². The van der Waals surface area contributed by atoms with Gasteiger partial charge >= 0.3 is 0 Å². The van der Waals surface area contributed by atoms with Gasteiger partial charge in [-0.05, 0) is 32.5 Å². The Morgan fingerprint density at radius 3 is 2.73 bits per heavy atom. The summed E-state index contributed by atoms with van der Waals surface area (Å²) in [5, 5.41) is 5.07. The van der Waals surface area contributed by atoms with Crippen molar-refractivity contribution in [2.24, 2.45) is 0 Å². The molecule has 0 aromatic rings. The van der Waals surface area contributed by atoms with E-state index in [2.05, 4.69) is 10.6 Å². The van der Waals surface area contributed by atoms with Gasteiger partial charge in [0.15, 0.2) is 0 Å². The zero-order valence-corrected chi connectivity index (χ0v) is 6.32. The second-order valence-corrected chi connectivity index (χ2v) is 2.62. The minimum Gasteiger partial charge on any atom is -0.317 e. The van der Waals surface area contributed by atoms with Gasteiger partial charge in [-0.3, -0.25) is 5.32 Å². The molecule has 1 fully saturated rings. The van der Waals surface area contributed by atoms with E-state index in [-0.39, 0.29) is 0 Å². The molecular weight excluding hydrogens is 152 g/mol. The molecule has 0 aromatic heterocycles. The molecule has 0 bridgehead atoms. The highest BCUT2D eigenvalue weighted by Crippen LogP contribution is 2.03. The molecule has 3 nitrogen and oxygen atoms in total. The van der Waals surface area contributed by atoms with Crippen LogP contribution >= 0.6 is 0 Å². The third-order valence-corrected chi connectivity index (χ3v) is 1.74. The van der Waals surface area contributed by atoms with Crippen LogP contribution in [0, 0.1) is 0 Å².